The van der Waals surface area contributed by atoms with Gasteiger partial charge in [0.15, 0.2) is 0 Å². The highest BCUT2D eigenvalue weighted by molar-refractivity contribution is 5.79. The molecule has 0 N–H and O–H groups in total. The zero-order valence-electron chi connectivity index (χ0n) is 20.0. The number of hydrogen-bond donors (Lipinski definition) is 0. The summed E-state index contributed by atoms with van der Waals surface area (Å²) >= 11 is 0. The lowest BCUT2D eigenvalue weighted by atomic mass is 10.0. The van der Waals surface area contributed by atoms with Crippen LogP contribution in [0.3, 0.4) is 0 Å². The maximum atomic E-state index is 13.5. The molecule has 2 unspecified atom stereocenters. The molecule has 7 nitrogen and oxygen atoms in total. The number of benzene rings is 2. The van der Waals surface area contributed by atoms with Crippen molar-refractivity contribution >= 4 is 11.9 Å². The van der Waals surface area contributed by atoms with Crippen molar-refractivity contribution in [2.75, 3.05) is 41.0 Å². The lowest BCUT2D eigenvalue weighted by molar-refractivity contribution is -0.146. The molecule has 0 aliphatic carbocycles. The van der Waals surface area contributed by atoms with Gasteiger partial charge in [-0.2, -0.15) is 0 Å². The minimum absolute atomic E-state index is 0.0374. The number of likely N-dealkylation sites (tertiary alicyclic amines) is 1. The second kappa shape index (κ2) is 11.7. The molecule has 0 bridgehead atoms. The summed E-state index contributed by atoms with van der Waals surface area (Å²) in [5.74, 6) is 0.916. The summed E-state index contributed by atoms with van der Waals surface area (Å²) in [4.78, 5) is 29.5. The van der Waals surface area contributed by atoms with E-state index in [1.165, 1.54) is 7.11 Å². The summed E-state index contributed by atoms with van der Waals surface area (Å²) in [7, 11) is 4.66. The number of carbonyl (C=O) groups excluding carboxylic acids is 2. The molecule has 0 aromatic heterocycles. The minimum atomic E-state index is -0.334. The first-order chi connectivity index (χ1) is 16.0. The van der Waals surface area contributed by atoms with Crippen LogP contribution in [0.1, 0.15) is 36.9 Å². The Morgan fingerprint density at radius 1 is 1.09 bits per heavy atom. The Morgan fingerprint density at radius 2 is 1.85 bits per heavy atom. The Labute approximate surface area is 196 Å². The van der Waals surface area contributed by atoms with Crippen LogP contribution < -0.4 is 9.47 Å². The Morgan fingerprint density at radius 3 is 2.52 bits per heavy atom. The molecule has 1 amide bonds. The van der Waals surface area contributed by atoms with Crippen LogP contribution >= 0.6 is 0 Å². The van der Waals surface area contributed by atoms with E-state index in [1.54, 1.807) is 14.2 Å². The Hall–Kier alpha value is -3.06. The first-order valence-electron chi connectivity index (χ1n) is 11.3. The first kappa shape index (κ1) is 24.6. The van der Waals surface area contributed by atoms with E-state index in [2.05, 4.69) is 0 Å². The van der Waals surface area contributed by atoms with E-state index < -0.39 is 0 Å². The van der Waals surface area contributed by atoms with E-state index >= 15 is 0 Å². The summed E-state index contributed by atoms with van der Waals surface area (Å²) in [6, 6.07) is 15.6. The molecule has 0 saturated carbocycles. The van der Waals surface area contributed by atoms with Gasteiger partial charge in [-0.15, -0.1) is 0 Å². The highest BCUT2D eigenvalue weighted by Crippen LogP contribution is 2.39. The predicted molar refractivity (Wildman–Crippen MR) is 126 cm³/mol. The van der Waals surface area contributed by atoms with Gasteiger partial charge in [0.05, 0.1) is 39.8 Å². The summed E-state index contributed by atoms with van der Waals surface area (Å²) in [5.41, 5.74) is 2.05. The fourth-order valence-electron chi connectivity index (χ4n) is 4.46. The fraction of sp³-hybridized carbons (Fsp3) is 0.462. The summed E-state index contributed by atoms with van der Waals surface area (Å²) in [5, 5.41) is 0. The molecule has 1 fully saturated rings. The molecule has 1 aliphatic heterocycles. The zero-order valence-corrected chi connectivity index (χ0v) is 20.0. The lowest BCUT2D eigenvalue weighted by Gasteiger charge is -2.30. The molecular formula is C26H34N2O5. The van der Waals surface area contributed by atoms with E-state index in [-0.39, 0.29) is 30.4 Å². The van der Waals surface area contributed by atoms with Gasteiger partial charge < -0.3 is 19.1 Å². The lowest BCUT2D eigenvalue weighted by Crippen LogP contribution is -2.42. The van der Waals surface area contributed by atoms with Crippen LogP contribution in [-0.4, -0.2) is 62.6 Å². The van der Waals surface area contributed by atoms with Gasteiger partial charge >= 0.3 is 5.97 Å². The van der Waals surface area contributed by atoms with Crippen LogP contribution in [0.15, 0.2) is 48.5 Å². The normalized spacial score (nSPS) is 16.5. The van der Waals surface area contributed by atoms with Crippen molar-refractivity contribution in [3.63, 3.8) is 0 Å². The van der Waals surface area contributed by atoms with Crippen LogP contribution in [0, 0.1) is 5.92 Å². The van der Waals surface area contributed by atoms with Gasteiger partial charge in [-0.05, 0) is 36.6 Å². The standard InChI is InChI=1S/C26H34N2O5/c1-19(26(30)33-4)16-27(17-20-9-6-5-7-10-20)18-25(29)28-14-8-11-23(28)22-15-21(31-2)12-13-24(22)32-3/h5-7,9-10,12-13,15,19,23H,8,11,14,16-18H2,1-4H3. The Balaban J connectivity index is 1.79. The molecule has 0 radical (unpaired) electrons. The molecule has 2 aromatic rings. The van der Waals surface area contributed by atoms with E-state index in [0.29, 0.717) is 19.6 Å². The van der Waals surface area contributed by atoms with Gasteiger partial charge in [0.2, 0.25) is 5.91 Å². The van der Waals surface area contributed by atoms with Gasteiger partial charge in [-0.1, -0.05) is 37.3 Å². The number of ether oxygens (including phenoxy) is 3. The number of rotatable bonds is 10. The number of hydrogen-bond acceptors (Lipinski definition) is 6. The molecule has 7 heteroatoms. The minimum Gasteiger partial charge on any atom is -0.497 e. The summed E-state index contributed by atoms with van der Waals surface area (Å²) < 4.78 is 15.9. The SMILES string of the molecule is COC(=O)C(C)CN(CC(=O)N1CCCC1c1cc(OC)ccc1OC)Cc1ccccc1. The van der Waals surface area contributed by atoms with Gasteiger partial charge in [-0.3, -0.25) is 14.5 Å². The molecule has 2 aromatic carbocycles. The maximum Gasteiger partial charge on any atom is 0.309 e. The third kappa shape index (κ3) is 6.26. The predicted octanol–water partition coefficient (Wildman–Crippen LogP) is 3.68. The molecule has 33 heavy (non-hydrogen) atoms. The molecule has 0 spiro atoms. The van der Waals surface area contributed by atoms with Gasteiger partial charge in [0.1, 0.15) is 11.5 Å². The van der Waals surface area contributed by atoms with E-state index in [4.69, 9.17) is 14.2 Å². The van der Waals surface area contributed by atoms with Crippen LogP contribution in [0.4, 0.5) is 0 Å². The van der Waals surface area contributed by atoms with Crippen LogP contribution in [0.2, 0.25) is 0 Å². The largest absolute Gasteiger partial charge is 0.497 e. The smallest absolute Gasteiger partial charge is 0.309 e. The van der Waals surface area contributed by atoms with Crippen LogP contribution in [0.5, 0.6) is 11.5 Å². The van der Waals surface area contributed by atoms with Gasteiger partial charge in [0, 0.05) is 25.2 Å². The maximum absolute atomic E-state index is 13.5. The molecule has 3 rings (SSSR count). The third-order valence-corrected chi connectivity index (χ3v) is 6.11. The zero-order chi connectivity index (χ0) is 23.8. The number of amides is 1. The number of esters is 1. The first-order valence-corrected chi connectivity index (χ1v) is 11.3. The monoisotopic (exact) mass is 454 g/mol. The number of nitrogens with zero attached hydrogens (tertiary/aromatic N) is 2. The van der Waals surface area contributed by atoms with Crippen molar-refractivity contribution < 1.29 is 23.8 Å². The topological polar surface area (TPSA) is 68.3 Å². The number of methoxy groups -OCH3 is 3. The van der Waals surface area contributed by atoms with Crippen molar-refractivity contribution in [2.24, 2.45) is 5.92 Å². The summed E-state index contributed by atoms with van der Waals surface area (Å²) in [6.45, 7) is 3.76. The van der Waals surface area contributed by atoms with Crippen molar-refractivity contribution in [1.29, 1.82) is 0 Å². The second-order valence-corrected chi connectivity index (χ2v) is 8.43. The Kier molecular flexibility index (Phi) is 8.72. The van der Waals surface area contributed by atoms with Crippen molar-refractivity contribution in [1.82, 2.24) is 9.80 Å². The van der Waals surface area contributed by atoms with E-state index in [9.17, 15) is 9.59 Å². The van der Waals surface area contributed by atoms with E-state index in [0.717, 1.165) is 35.5 Å². The second-order valence-electron chi connectivity index (χ2n) is 8.43. The van der Waals surface area contributed by atoms with Gasteiger partial charge in [0.25, 0.3) is 0 Å². The van der Waals surface area contributed by atoms with Crippen molar-refractivity contribution in [3.05, 3.63) is 59.7 Å². The average molecular weight is 455 g/mol. The third-order valence-electron chi connectivity index (χ3n) is 6.11. The molecule has 1 heterocycles. The quantitative estimate of drug-likeness (QED) is 0.510. The average Bonchev–Trinajstić information content (AvgIpc) is 3.33. The molecule has 178 valence electrons. The molecule has 2 atom stereocenters. The molecular weight excluding hydrogens is 420 g/mol. The Bertz CT molecular complexity index is 934. The van der Waals surface area contributed by atoms with Crippen LogP contribution in [0.25, 0.3) is 0 Å². The number of carbonyl (C=O) groups is 2. The van der Waals surface area contributed by atoms with Crippen molar-refractivity contribution in [3.8, 4) is 11.5 Å². The highest BCUT2D eigenvalue weighted by atomic mass is 16.5. The molecule has 1 saturated heterocycles. The fourth-order valence-corrected chi connectivity index (χ4v) is 4.46. The van der Waals surface area contributed by atoms with Crippen LogP contribution in [-0.2, 0) is 20.9 Å². The van der Waals surface area contributed by atoms with Gasteiger partial charge in [-0.25, -0.2) is 0 Å². The molecule has 1 aliphatic rings. The van der Waals surface area contributed by atoms with E-state index in [1.807, 2.05) is 65.3 Å². The summed E-state index contributed by atoms with van der Waals surface area (Å²) in [6.07, 6.45) is 1.79. The highest BCUT2D eigenvalue weighted by Gasteiger charge is 2.33. The van der Waals surface area contributed by atoms with Crippen molar-refractivity contribution in [2.45, 2.75) is 32.4 Å².